The molecule has 2 heteroatoms. The summed E-state index contributed by atoms with van der Waals surface area (Å²) in [5.74, 6) is 0.517. The summed E-state index contributed by atoms with van der Waals surface area (Å²) in [7, 11) is 0. The van der Waals surface area contributed by atoms with E-state index in [1.54, 1.807) is 18.5 Å². The third-order valence-corrected chi connectivity index (χ3v) is 2.87. The fraction of sp³-hybridized carbons (Fsp3) is 0.200. The molecule has 17 heavy (non-hydrogen) atoms. The van der Waals surface area contributed by atoms with Crippen molar-refractivity contribution in [3.8, 4) is 11.1 Å². The second kappa shape index (κ2) is 4.91. The molecule has 0 saturated heterocycles. The van der Waals surface area contributed by atoms with Gasteiger partial charge in [-0.15, -0.1) is 0 Å². The monoisotopic (exact) mass is 225 g/mol. The lowest BCUT2D eigenvalue weighted by Crippen LogP contribution is -1.90. The Morgan fingerprint density at radius 3 is 2.41 bits per heavy atom. The fourth-order valence-corrected chi connectivity index (χ4v) is 1.80. The van der Waals surface area contributed by atoms with Crippen LogP contribution in [0.25, 0.3) is 11.1 Å². The molecule has 1 aromatic carbocycles. The topological polar surface area (TPSA) is 30.0 Å². The van der Waals surface area contributed by atoms with E-state index in [-0.39, 0.29) is 0 Å². The molecule has 0 spiro atoms. The van der Waals surface area contributed by atoms with Crippen LogP contribution in [0.5, 0.6) is 0 Å². The molecule has 0 bridgehead atoms. The van der Waals surface area contributed by atoms with Gasteiger partial charge in [0.1, 0.15) is 0 Å². The van der Waals surface area contributed by atoms with Crippen molar-refractivity contribution in [2.45, 2.75) is 19.8 Å². The highest BCUT2D eigenvalue weighted by atomic mass is 16.1. The van der Waals surface area contributed by atoms with Crippen molar-refractivity contribution in [2.24, 2.45) is 0 Å². The molecule has 0 aliphatic heterocycles. The van der Waals surface area contributed by atoms with E-state index in [1.807, 2.05) is 12.1 Å². The average Bonchev–Trinajstić information content (AvgIpc) is 2.39. The first-order valence-electron chi connectivity index (χ1n) is 5.72. The van der Waals surface area contributed by atoms with Crippen molar-refractivity contribution in [1.29, 1.82) is 0 Å². The molecule has 0 saturated carbocycles. The summed E-state index contributed by atoms with van der Waals surface area (Å²) < 4.78 is 0. The molecule has 0 fully saturated rings. The van der Waals surface area contributed by atoms with Gasteiger partial charge < -0.3 is 0 Å². The molecule has 0 N–H and O–H groups in total. The Balaban J connectivity index is 2.43. The highest BCUT2D eigenvalue weighted by Crippen LogP contribution is 2.24. The van der Waals surface area contributed by atoms with E-state index in [1.165, 1.54) is 5.56 Å². The lowest BCUT2D eigenvalue weighted by Gasteiger charge is -2.08. The molecule has 0 aliphatic carbocycles. The summed E-state index contributed by atoms with van der Waals surface area (Å²) in [5, 5.41) is 0. The Bertz CT molecular complexity index is 515. The second-order valence-electron chi connectivity index (χ2n) is 4.36. The maximum Gasteiger partial charge on any atom is 0.150 e. The SMILES string of the molecule is CC(C)c1ccc(-c2cnccc2C=O)cc1. The molecule has 2 rings (SSSR count). The number of rotatable bonds is 3. The van der Waals surface area contributed by atoms with Crippen LogP contribution in [0, 0.1) is 0 Å². The van der Waals surface area contributed by atoms with E-state index in [4.69, 9.17) is 0 Å². The minimum Gasteiger partial charge on any atom is -0.298 e. The molecular formula is C15H15NO. The first-order valence-corrected chi connectivity index (χ1v) is 5.72. The van der Waals surface area contributed by atoms with E-state index < -0.39 is 0 Å². The normalized spacial score (nSPS) is 10.5. The van der Waals surface area contributed by atoms with Crippen LogP contribution in [0.4, 0.5) is 0 Å². The van der Waals surface area contributed by atoms with E-state index in [2.05, 4.69) is 31.0 Å². The molecule has 2 aromatic rings. The third kappa shape index (κ3) is 2.41. The summed E-state index contributed by atoms with van der Waals surface area (Å²) in [6.07, 6.45) is 4.23. The van der Waals surface area contributed by atoms with Gasteiger partial charge in [-0.1, -0.05) is 38.1 Å². The van der Waals surface area contributed by atoms with Gasteiger partial charge in [0, 0.05) is 23.5 Å². The van der Waals surface area contributed by atoms with Crippen LogP contribution >= 0.6 is 0 Å². The number of pyridine rings is 1. The highest BCUT2D eigenvalue weighted by Gasteiger charge is 2.05. The van der Waals surface area contributed by atoms with E-state index in [0.29, 0.717) is 11.5 Å². The lowest BCUT2D eigenvalue weighted by molar-refractivity contribution is 0.112. The Labute approximate surface area is 101 Å². The summed E-state index contributed by atoms with van der Waals surface area (Å²) in [4.78, 5) is 15.0. The Kier molecular flexibility index (Phi) is 3.33. The van der Waals surface area contributed by atoms with E-state index >= 15 is 0 Å². The largest absolute Gasteiger partial charge is 0.298 e. The number of hydrogen-bond acceptors (Lipinski definition) is 2. The molecule has 0 aliphatic rings. The quantitative estimate of drug-likeness (QED) is 0.746. The van der Waals surface area contributed by atoms with Crippen molar-refractivity contribution >= 4 is 6.29 Å². The Hall–Kier alpha value is -1.96. The highest BCUT2D eigenvalue weighted by molar-refractivity contribution is 5.86. The molecule has 0 atom stereocenters. The summed E-state index contributed by atoms with van der Waals surface area (Å²) in [6.45, 7) is 4.33. The van der Waals surface area contributed by atoms with Crippen LogP contribution in [-0.4, -0.2) is 11.3 Å². The predicted molar refractivity (Wildman–Crippen MR) is 69.1 cm³/mol. The van der Waals surface area contributed by atoms with Crippen LogP contribution in [-0.2, 0) is 0 Å². The zero-order chi connectivity index (χ0) is 12.3. The number of aldehydes is 1. The van der Waals surface area contributed by atoms with E-state index in [9.17, 15) is 4.79 Å². The van der Waals surface area contributed by atoms with Gasteiger partial charge in [-0.3, -0.25) is 9.78 Å². The second-order valence-corrected chi connectivity index (χ2v) is 4.36. The van der Waals surface area contributed by atoms with Gasteiger partial charge in [0.05, 0.1) is 0 Å². The van der Waals surface area contributed by atoms with Gasteiger partial charge in [0.15, 0.2) is 6.29 Å². The molecule has 0 amide bonds. The van der Waals surface area contributed by atoms with Gasteiger partial charge in [0.2, 0.25) is 0 Å². The fourth-order valence-electron chi connectivity index (χ4n) is 1.80. The van der Waals surface area contributed by atoms with Crippen LogP contribution < -0.4 is 0 Å². The van der Waals surface area contributed by atoms with Gasteiger partial charge in [-0.25, -0.2) is 0 Å². The number of hydrogen-bond donors (Lipinski definition) is 0. The van der Waals surface area contributed by atoms with Crippen LogP contribution in [0.2, 0.25) is 0 Å². The van der Waals surface area contributed by atoms with Gasteiger partial charge >= 0.3 is 0 Å². The van der Waals surface area contributed by atoms with Crippen LogP contribution in [0.1, 0.15) is 35.7 Å². The van der Waals surface area contributed by atoms with E-state index in [0.717, 1.165) is 17.4 Å². The van der Waals surface area contributed by atoms with Gasteiger partial charge in [-0.05, 0) is 23.1 Å². The smallest absolute Gasteiger partial charge is 0.150 e. The Morgan fingerprint density at radius 1 is 1.12 bits per heavy atom. The molecule has 0 unspecified atom stereocenters. The maximum atomic E-state index is 10.9. The first-order chi connectivity index (χ1) is 8.22. The summed E-state index contributed by atoms with van der Waals surface area (Å²) in [5.41, 5.74) is 3.89. The lowest BCUT2D eigenvalue weighted by atomic mass is 9.98. The molecule has 1 aromatic heterocycles. The number of nitrogens with zero attached hydrogens (tertiary/aromatic N) is 1. The van der Waals surface area contributed by atoms with Crippen molar-refractivity contribution in [3.05, 3.63) is 53.9 Å². The number of benzene rings is 1. The number of aromatic nitrogens is 1. The summed E-state index contributed by atoms with van der Waals surface area (Å²) >= 11 is 0. The number of carbonyl (C=O) groups excluding carboxylic acids is 1. The van der Waals surface area contributed by atoms with Gasteiger partial charge in [0.25, 0.3) is 0 Å². The zero-order valence-corrected chi connectivity index (χ0v) is 10.1. The van der Waals surface area contributed by atoms with Crippen molar-refractivity contribution < 1.29 is 4.79 Å². The van der Waals surface area contributed by atoms with Gasteiger partial charge in [-0.2, -0.15) is 0 Å². The minimum atomic E-state index is 0.517. The molecule has 86 valence electrons. The van der Waals surface area contributed by atoms with Crippen molar-refractivity contribution in [2.75, 3.05) is 0 Å². The molecule has 2 nitrogen and oxygen atoms in total. The third-order valence-electron chi connectivity index (χ3n) is 2.87. The molecule has 0 radical (unpaired) electrons. The van der Waals surface area contributed by atoms with Crippen LogP contribution in [0.3, 0.4) is 0 Å². The van der Waals surface area contributed by atoms with Crippen molar-refractivity contribution in [1.82, 2.24) is 4.98 Å². The van der Waals surface area contributed by atoms with Crippen molar-refractivity contribution in [3.63, 3.8) is 0 Å². The number of carbonyl (C=O) groups is 1. The standard InChI is InChI=1S/C15H15NO/c1-11(2)12-3-5-13(6-4-12)15-9-16-8-7-14(15)10-17/h3-11H,1-2H3. The first kappa shape index (κ1) is 11.5. The minimum absolute atomic E-state index is 0.517. The zero-order valence-electron chi connectivity index (χ0n) is 10.1. The summed E-state index contributed by atoms with van der Waals surface area (Å²) in [6, 6.07) is 10.0. The van der Waals surface area contributed by atoms with Crippen LogP contribution in [0.15, 0.2) is 42.7 Å². The Morgan fingerprint density at radius 2 is 1.82 bits per heavy atom. The molecule has 1 heterocycles. The molecular weight excluding hydrogens is 210 g/mol. The maximum absolute atomic E-state index is 10.9. The average molecular weight is 225 g/mol. The predicted octanol–water partition coefficient (Wildman–Crippen LogP) is 3.68.